The number of hydrogen-bond donors (Lipinski definition) is 1. The number of amides is 2. The van der Waals surface area contributed by atoms with Crippen molar-refractivity contribution in [2.75, 3.05) is 5.32 Å². The molecule has 0 radical (unpaired) electrons. The molecule has 2 aromatic carbocycles. The number of nitrogens with one attached hydrogen (secondary N) is 1. The van der Waals surface area contributed by atoms with Crippen LogP contribution >= 0.6 is 0 Å². The van der Waals surface area contributed by atoms with Crippen molar-refractivity contribution >= 4 is 23.2 Å². The van der Waals surface area contributed by atoms with Gasteiger partial charge in [0.15, 0.2) is 0 Å². The van der Waals surface area contributed by atoms with Gasteiger partial charge >= 0.3 is 0 Å². The van der Waals surface area contributed by atoms with Crippen LogP contribution in [0.1, 0.15) is 18.4 Å². The highest BCUT2D eigenvalue weighted by Gasteiger charge is 2.25. The Balaban J connectivity index is 1.76. The van der Waals surface area contributed by atoms with Crippen molar-refractivity contribution in [1.29, 1.82) is 0 Å². The van der Waals surface area contributed by atoms with E-state index >= 15 is 0 Å². The smallest absolute Gasteiger partial charge is 0.271 e. The minimum Gasteiger partial charge on any atom is -0.318 e. The predicted molar refractivity (Wildman–Crippen MR) is 88.6 cm³/mol. The van der Waals surface area contributed by atoms with Gasteiger partial charge < -0.3 is 5.32 Å². The molecule has 2 amide bonds. The molecule has 26 heavy (non-hydrogen) atoms. The van der Waals surface area contributed by atoms with Crippen LogP contribution in [0.15, 0.2) is 47.6 Å². The number of carbonyl (C=O) groups is 2. The number of halogens is 3. The fraction of sp³-hybridized carbons (Fsp3) is 0.167. The molecule has 1 heterocycles. The van der Waals surface area contributed by atoms with Crippen LogP contribution in [0.4, 0.5) is 18.9 Å². The SMILES string of the molecule is O=C(Nc1cc(F)ccc1F)C1=NN(Cc2ccc(F)cc2)C(=O)CC1. The lowest BCUT2D eigenvalue weighted by Crippen LogP contribution is -2.36. The van der Waals surface area contributed by atoms with E-state index in [1.807, 2.05) is 0 Å². The molecule has 0 unspecified atom stereocenters. The number of anilines is 1. The lowest BCUT2D eigenvalue weighted by Gasteiger charge is -2.23. The maximum atomic E-state index is 13.6. The van der Waals surface area contributed by atoms with E-state index in [0.29, 0.717) is 5.56 Å². The standard InChI is InChI=1S/C18H14F3N3O2/c19-12-3-1-11(2-4-12)10-24-17(25)8-7-15(23-24)18(26)22-16-9-13(20)5-6-14(16)21/h1-6,9H,7-8,10H2,(H,22,26). The zero-order valence-corrected chi connectivity index (χ0v) is 13.5. The Hall–Kier alpha value is -3.16. The van der Waals surface area contributed by atoms with Crippen LogP contribution in [-0.4, -0.2) is 22.5 Å². The van der Waals surface area contributed by atoms with E-state index in [2.05, 4.69) is 10.4 Å². The molecule has 3 rings (SSSR count). The summed E-state index contributed by atoms with van der Waals surface area (Å²) in [5.41, 5.74) is 0.358. The van der Waals surface area contributed by atoms with Crippen molar-refractivity contribution in [1.82, 2.24) is 5.01 Å². The van der Waals surface area contributed by atoms with Crippen molar-refractivity contribution < 1.29 is 22.8 Å². The van der Waals surface area contributed by atoms with E-state index in [1.165, 1.54) is 24.3 Å². The number of carbonyl (C=O) groups excluding carboxylic acids is 2. The normalized spacial score (nSPS) is 14.2. The molecule has 0 aliphatic carbocycles. The van der Waals surface area contributed by atoms with Gasteiger partial charge in [0, 0.05) is 18.9 Å². The van der Waals surface area contributed by atoms with Crippen LogP contribution in [0.2, 0.25) is 0 Å². The number of hydrogen-bond acceptors (Lipinski definition) is 3. The predicted octanol–water partition coefficient (Wildman–Crippen LogP) is 3.22. The second-order valence-electron chi connectivity index (χ2n) is 5.70. The second-order valence-corrected chi connectivity index (χ2v) is 5.70. The molecule has 0 spiro atoms. The molecule has 0 saturated carbocycles. The molecule has 0 atom stereocenters. The van der Waals surface area contributed by atoms with Gasteiger partial charge in [-0.25, -0.2) is 18.2 Å². The molecule has 0 fully saturated rings. The summed E-state index contributed by atoms with van der Waals surface area (Å²) in [6, 6.07) is 8.23. The molecule has 5 nitrogen and oxygen atoms in total. The minimum absolute atomic E-state index is 0.0235. The summed E-state index contributed by atoms with van der Waals surface area (Å²) < 4.78 is 39.8. The van der Waals surface area contributed by atoms with Crippen LogP contribution in [0, 0.1) is 17.5 Å². The zero-order chi connectivity index (χ0) is 18.7. The number of nitrogens with zero attached hydrogens (tertiary/aromatic N) is 2. The molecule has 0 saturated heterocycles. The molecule has 0 bridgehead atoms. The second kappa shape index (κ2) is 7.38. The van der Waals surface area contributed by atoms with Crippen molar-refractivity contribution in [3.8, 4) is 0 Å². The molecule has 134 valence electrons. The Morgan fingerprint density at radius 2 is 1.73 bits per heavy atom. The lowest BCUT2D eigenvalue weighted by atomic mass is 10.1. The summed E-state index contributed by atoms with van der Waals surface area (Å²) in [6.07, 6.45) is 0.139. The van der Waals surface area contributed by atoms with Crippen molar-refractivity contribution in [3.63, 3.8) is 0 Å². The zero-order valence-electron chi connectivity index (χ0n) is 13.5. The van der Waals surface area contributed by atoms with Gasteiger partial charge in [-0.2, -0.15) is 5.10 Å². The fourth-order valence-corrected chi connectivity index (χ4v) is 2.44. The van der Waals surface area contributed by atoms with Gasteiger partial charge in [-0.15, -0.1) is 0 Å². The third kappa shape index (κ3) is 4.08. The quantitative estimate of drug-likeness (QED) is 0.909. The highest BCUT2D eigenvalue weighted by atomic mass is 19.1. The van der Waals surface area contributed by atoms with E-state index in [-0.39, 0.29) is 36.7 Å². The Morgan fingerprint density at radius 3 is 2.46 bits per heavy atom. The maximum absolute atomic E-state index is 13.6. The first kappa shape index (κ1) is 17.7. The molecule has 1 aliphatic heterocycles. The molecule has 1 aliphatic rings. The highest BCUT2D eigenvalue weighted by Crippen LogP contribution is 2.18. The van der Waals surface area contributed by atoms with Gasteiger partial charge in [-0.05, 0) is 29.8 Å². The summed E-state index contributed by atoms with van der Waals surface area (Å²) in [4.78, 5) is 24.3. The first-order valence-electron chi connectivity index (χ1n) is 7.81. The molecule has 2 aromatic rings. The summed E-state index contributed by atoms with van der Waals surface area (Å²) in [7, 11) is 0. The van der Waals surface area contributed by atoms with Crippen LogP contribution in [0.3, 0.4) is 0 Å². The van der Waals surface area contributed by atoms with Crippen molar-refractivity contribution in [2.24, 2.45) is 5.10 Å². The van der Waals surface area contributed by atoms with Gasteiger partial charge in [0.1, 0.15) is 23.2 Å². The maximum Gasteiger partial charge on any atom is 0.271 e. The molecular formula is C18H14F3N3O2. The Bertz CT molecular complexity index is 882. The number of benzene rings is 2. The molecular weight excluding hydrogens is 347 g/mol. The summed E-state index contributed by atoms with van der Waals surface area (Å²) in [6.45, 7) is 0.0736. The Kier molecular flexibility index (Phi) is 5.01. The Morgan fingerprint density at radius 1 is 1.04 bits per heavy atom. The van der Waals surface area contributed by atoms with Gasteiger partial charge in [0.05, 0.1) is 12.2 Å². The third-order valence-corrected chi connectivity index (χ3v) is 3.79. The first-order chi connectivity index (χ1) is 12.4. The van der Waals surface area contributed by atoms with E-state index in [9.17, 15) is 22.8 Å². The van der Waals surface area contributed by atoms with Gasteiger partial charge in [0.25, 0.3) is 5.91 Å². The van der Waals surface area contributed by atoms with Crippen LogP contribution < -0.4 is 5.32 Å². The van der Waals surface area contributed by atoms with Crippen LogP contribution in [-0.2, 0) is 16.1 Å². The number of rotatable bonds is 4. The largest absolute Gasteiger partial charge is 0.318 e. The first-order valence-corrected chi connectivity index (χ1v) is 7.81. The molecule has 1 N–H and O–H groups in total. The summed E-state index contributed by atoms with van der Waals surface area (Å²) in [5.74, 6) is -2.89. The van der Waals surface area contributed by atoms with E-state index in [0.717, 1.165) is 23.2 Å². The highest BCUT2D eigenvalue weighted by molar-refractivity contribution is 6.43. The van der Waals surface area contributed by atoms with Crippen LogP contribution in [0.25, 0.3) is 0 Å². The third-order valence-electron chi connectivity index (χ3n) is 3.79. The molecule has 8 heteroatoms. The summed E-state index contributed by atoms with van der Waals surface area (Å²) >= 11 is 0. The van der Waals surface area contributed by atoms with Crippen molar-refractivity contribution in [3.05, 3.63) is 65.5 Å². The van der Waals surface area contributed by atoms with Gasteiger partial charge in [-0.1, -0.05) is 12.1 Å². The molecule has 0 aromatic heterocycles. The average Bonchev–Trinajstić information content (AvgIpc) is 2.62. The Labute approximate surface area is 147 Å². The fourth-order valence-electron chi connectivity index (χ4n) is 2.44. The average molecular weight is 361 g/mol. The van der Waals surface area contributed by atoms with Gasteiger partial charge in [0.2, 0.25) is 5.91 Å². The lowest BCUT2D eigenvalue weighted by molar-refractivity contribution is -0.132. The van der Waals surface area contributed by atoms with E-state index in [4.69, 9.17) is 0 Å². The van der Waals surface area contributed by atoms with Crippen LogP contribution in [0.5, 0.6) is 0 Å². The minimum atomic E-state index is -0.782. The number of hydrazone groups is 1. The van der Waals surface area contributed by atoms with Gasteiger partial charge in [-0.3, -0.25) is 9.59 Å². The van der Waals surface area contributed by atoms with Crippen molar-refractivity contribution in [2.45, 2.75) is 19.4 Å². The topological polar surface area (TPSA) is 61.8 Å². The monoisotopic (exact) mass is 361 g/mol. The van der Waals surface area contributed by atoms with E-state index in [1.54, 1.807) is 0 Å². The van der Waals surface area contributed by atoms with E-state index < -0.39 is 23.4 Å². The summed E-state index contributed by atoms with van der Waals surface area (Å²) in [5, 5.41) is 7.37.